The maximum Gasteiger partial charge on any atom is 0.307 e. The summed E-state index contributed by atoms with van der Waals surface area (Å²) in [5.74, 6) is -0.736. The molecule has 0 bridgehead atoms. The maximum absolute atomic E-state index is 12.9. The molecule has 1 fully saturated rings. The predicted molar refractivity (Wildman–Crippen MR) is 294 cm³/mol. The number of ether oxygens (including phenoxy) is 4. The van der Waals surface area contributed by atoms with Crippen LogP contribution in [0.4, 0.5) is 0 Å². The number of hydrogen-bond acceptors (Lipinski definition) is 12. The van der Waals surface area contributed by atoms with E-state index in [1.807, 2.05) is 0 Å². The van der Waals surface area contributed by atoms with Gasteiger partial charge in [-0.25, -0.2) is 0 Å². The number of esters is 4. The summed E-state index contributed by atoms with van der Waals surface area (Å²) in [6, 6.07) is 0.629. The molecule has 1 aliphatic heterocycles. The van der Waals surface area contributed by atoms with Gasteiger partial charge in [0.25, 0.3) is 0 Å². The third-order valence-electron chi connectivity index (χ3n) is 14.7. The minimum atomic E-state index is -0.245. The number of rotatable bonds is 51. The molecule has 0 spiro atoms. The third-order valence-corrected chi connectivity index (χ3v) is 14.7. The molecule has 0 unspecified atom stereocenters. The molecule has 0 aromatic rings. The van der Waals surface area contributed by atoms with Crippen molar-refractivity contribution in [3.05, 3.63) is 0 Å². The van der Waals surface area contributed by atoms with Gasteiger partial charge in [-0.05, 0) is 33.1 Å². The van der Waals surface area contributed by atoms with Crippen molar-refractivity contribution in [1.29, 1.82) is 0 Å². The van der Waals surface area contributed by atoms with Crippen LogP contribution in [-0.4, -0.2) is 148 Å². The summed E-state index contributed by atoms with van der Waals surface area (Å²) in [5, 5.41) is 0. The first kappa shape index (κ1) is 66.7. The third kappa shape index (κ3) is 40.8. The van der Waals surface area contributed by atoms with E-state index < -0.39 is 0 Å². The van der Waals surface area contributed by atoms with Crippen molar-refractivity contribution in [2.24, 2.45) is 0 Å². The lowest BCUT2D eigenvalue weighted by Crippen LogP contribution is -2.58. The summed E-state index contributed by atoms with van der Waals surface area (Å²) >= 11 is 0. The fourth-order valence-electron chi connectivity index (χ4n) is 9.75. The Kier molecular flexibility index (Phi) is 45.7. The number of carbonyl (C=O) groups excluding carboxylic acids is 4. The molecule has 0 N–H and O–H groups in total. The fourth-order valence-corrected chi connectivity index (χ4v) is 9.75. The quantitative estimate of drug-likeness (QED) is 0.0328. The number of carbonyl (C=O) groups is 4. The van der Waals surface area contributed by atoms with Crippen LogP contribution in [0.25, 0.3) is 0 Å². The van der Waals surface area contributed by atoms with Crippen molar-refractivity contribution in [3.8, 4) is 0 Å². The van der Waals surface area contributed by atoms with E-state index in [0.717, 1.165) is 77.8 Å². The van der Waals surface area contributed by atoms with Gasteiger partial charge in [-0.15, -0.1) is 0 Å². The van der Waals surface area contributed by atoms with E-state index in [1.54, 1.807) is 0 Å². The zero-order valence-corrected chi connectivity index (χ0v) is 47.4. The van der Waals surface area contributed by atoms with Gasteiger partial charge in [0.05, 0.1) is 52.6 Å². The zero-order chi connectivity index (χ0) is 51.8. The first-order chi connectivity index (χ1) is 34.6. The molecule has 0 radical (unpaired) electrons. The van der Waals surface area contributed by atoms with Crippen molar-refractivity contribution >= 4 is 23.9 Å². The van der Waals surface area contributed by atoms with Gasteiger partial charge < -0.3 is 28.7 Å². The van der Waals surface area contributed by atoms with E-state index in [1.165, 1.54) is 161 Å². The van der Waals surface area contributed by atoms with Crippen molar-refractivity contribution in [3.63, 3.8) is 0 Å². The molecule has 12 heteroatoms. The molecule has 1 rings (SSSR count). The Labute approximate surface area is 437 Å². The highest BCUT2D eigenvalue weighted by Crippen LogP contribution is 2.17. The van der Waals surface area contributed by atoms with Crippen LogP contribution in [0.1, 0.15) is 253 Å². The molecule has 0 aromatic carbocycles. The van der Waals surface area contributed by atoms with Gasteiger partial charge in [0, 0.05) is 77.5 Å². The lowest BCUT2D eigenvalue weighted by atomic mass is 10.1. The largest absolute Gasteiger partial charge is 0.469 e. The predicted octanol–water partition coefficient (Wildman–Crippen LogP) is 13.1. The average molecular weight is 1010 g/mol. The van der Waals surface area contributed by atoms with E-state index in [-0.39, 0.29) is 30.3 Å². The van der Waals surface area contributed by atoms with Crippen molar-refractivity contribution < 1.29 is 38.1 Å². The monoisotopic (exact) mass is 1010 g/mol. The molecular formula is C59H114N4O8. The van der Waals surface area contributed by atoms with Crippen molar-refractivity contribution in [2.45, 2.75) is 265 Å². The van der Waals surface area contributed by atoms with E-state index in [2.05, 4.69) is 54.2 Å². The highest BCUT2D eigenvalue weighted by Gasteiger charge is 2.29. The van der Waals surface area contributed by atoms with Crippen molar-refractivity contribution in [2.75, 3.05) is 92.4 Å². The maximum atomic E-state index is 12.9. The summed E-state index contributed by atoms with van der Waals surface area (Å²) in [6.45, 7) is 20.0. The second-order valence-corrected chi connectivity index (χ2v) is 21.2. The van der Waals surface area contributed by atoms with Gasteiger partial charge in [-0.2, -0.15) is 0 Å². The van der Waals surface area contributed by atoms with Gasteiger partial charge in [-0.3, -0.25) is 29.0 Å². The molecule has 1 saturated heterocycles. The molecule has 418 valence electrons. The van der Waals surface area contributed by atoms with Crippen LogP contribution in [-0.2, 0) is 38.1 Å². The molecule has 0 amide bonds. The first-order valence-electron chi connectivity index (χ1n) is 30.1. The molecule has 0 saturated carbocycles. The van der Waals surface area contributed by atoms with E-state index in [0.29, 0.717) is 77.3 Å². The van der Waals surface area contributed by atoms with Gasteiger partial charge in [0.15, 0.2) is 0 Å². The van der Waals surface area contributed by atoms with Gasteiger partial charge in [0.2, 0.25) is 0 Å². The van der Waals surface area contributed by atoms with Crippen LogP contribution in [0.3, 0.4) is 0 Å². The summed E-state index contributed by atoms with van der Waals surface area (Å²) in [4.78, 5) is 60.1. The van der Waals surface area contributed by atoms with Crippen LogP contribution in [0.5, 0.6) is 0 Å². The van der Waals surface area contributed by atoms with Crippen LogP contribution in [0.15, 0.2) is 0 Å². The number of hydrogen-bond donors (Lipinski definition) is 0. The van der Waals surface area contributed by atoms with E-state index >= 15 is 0 Å². The summed E-state index contributed by atoms with van der Waals surface area (Å²) in [6.07, 6.45) is 38.6. The van der Waals surface area contributed by atoms with Crippen LogP contribution in [0.2, 0.25) is 0 Å². The standard InChI is InChI=1S/C59H114N4O8/c1-7-10-13-16-19-22-25-28-31-34-49-69-57(65)38-42-60(41-37-56(64)68-6)45-47-62-52-55(5)63(53-54(62)4)48-46-61(43-39-58(66)70-50-35-32-29-26-23-20-17-14-11-8-2)44-40-59(67)71-51-36-33-30-27-24-21-18-15-12-9-3/h54-55H,7-53H2,1-6H3/t54-,55+/m0/s1. The van der Waals surface area contributed by atoms with Gasteiger partial charge in [-0.1, -0.05) is 194 Å². The number of unbranched alkanes of at least 4 members (excludes halogenated alkanes) is 27. The molecule has 0 aliphatic carbocycles. The molecule has 0 aromatic heterocycles. The van der Waals surface area contributed by atoms with Gasteiger partial charge >= 0.3 is 23.9 Å². The smallest absolute Gasteiger partial charge is 0.307 e. The Hall–Kier alpha value is -2.28. The number of nitrogens with zero attached hydrogens (tertiary/aromatic N) is 4. The number of piperazine rings is 1. The zero-order valence-electron chi connectivity index (χ0n) is 47.4. The molecule has 12 nitrogen and oxygen atoms in total. The Morgan fingerprint density at radius 1 is 0.366 bits per heavy atom. The van der Waals surface area contributed by atoms with Crippen LogP contribution in [0, 0.1) is 0 Å². The molecule has 2 atom stereocenters. The molecule has 71 heavy (non-hydrogen) atoms. The second kappa shape index (κ2) is 48.6. The summed E-state index contributed by atoms with van der Waals surface area (Å²) in [5.41, 5.74) is 0. The first-order valence-corrected chi connectivity index (χ1v) is 30.1. The Balaban J connectivity index is 2.61. The van der Waals surface area contributed by atoms with E-state index in [9.17, 15) is 19.2 Å². The van der Waals surface area contributed by atoms with Crippen LogP contribution < -0.4 is 0 Å². The minimum absolute atomic E-state index is 0.160. The topological polar surface area (TPSA) is 118 Å². The highest BCUT2D eigenvalue weighted by molar-refractivity contribution is 5.70. The van der Waals surface area contributed by atoms with Crippen LogP contribution >= 0.6 is 0 Å². The lowest BCUT2D eigenvalue weighted by molar-refractivity contribution is -0.145. The second-order valence-electron chi connectivity index (χ2n) is 21.2. The molecule has 1 heterocycles. The summed E-state index contributed by atoms with van der Waals surface area (Å²) < 4.78 is 21.9. The highest BCUT2D eigenvalue weighted by atomic mass is 16.5. The van der Waals surface area contributed by atoms with E-state index in [4.69, 9.17) is 18.9 Å². The Morgan fingerprint density at radius 2 is 0.606 bits per heavy atom. The Morgan fingerprint density at radius 3 is 0.859 bits per heavy atom. The van der Waals surface area contributed by atoms with Crippen molar-refractivity contribution in [1.82, 2.24) is 19.6 Å². The van der Waals surface area contributed by atoms with Gasteiger partial charge in [0.1, 0.15) is 0 Å². The number of methoxy groups -OCH3 is 1. The lowest BCUT2D eigenvalue weighted by Gasteiger charge is -2.45. The molecule has 1 aliphatic rings. The minimum Gasteiger partial charge on any atom is -0.469 e. The normalized spacial score (nSPS) is 15.4. The fraction of sp³-hybridized carbons (Fsp3) is 0.932. The average Bonchev–Trinajstić information content (AvgIpc) is 3.36. The Bertz CT molecular complexity index is 1220. The molecular weight excluding hydrogens is 893 g/mol. The SMILES string of the molecule is CCCCCCCCCCCCOC(=O)CCN(CCC(=O)OCCCCCCCCCCCC)CCN1C[C@H](C)N(CCN(CCC(=O)OC)CCC(=O)OCCCCCCCCCCCC)C[C@H]1C. The summed E-state index contributed by atoms with van der Waals surface area (Å²) in [7, 11) is 1.42.